The molecule has 0 atom stereocenters. The van der Waals surface area contributed by atoms with Gasteiger partial charge in [0.25, 0.3) is 5.91 Å². The van der Waals surface area contributed by atoms with Crippen LogP contribution in [0.2, 0.25) is 0 Å². The summed E-state index contributed by atoms with van der Waals surface area (Å²) < 4.78 is 0. The highest BCUT2D eigenvalue weighted by atomic mass is 32.1. The van der Waals surface area contributed by atoms with Crippen LogP contribution in [0.25, 0.3) is 0 Å². The summed E-state index contributed by atoms with van der Waals surface area (Å²) in [4.78, 5) is 14.6. The molecule has 3 nitrogen and oxygen atoms in total. The summed E-state index contributed by atoms with van der Waals surface area (Å²) in [6, 6.07) is 7.71. The van der Waals surface area contributed by atoms with Crippen LogP contribution in [-0.4, -0.2) is 28.9 Å². The number of benzene rings is 1. The molecule has 0 aliphatic rings. The van der Waals surface area contributed by atoms with E-state index in [2.05, 4.69) is 20.8 Å². The molecule has 0 radical (unpaired) electrons. The van der Waals surface area contributed by atoms with Gasteiger partial charge >= 0.3 is 0 Å². The third-order valence-electron chi connectivity index (χ3n) is 2.98. The molecule has 1 aromatic rings. The lowest BCUT2D eigenvalue weighted by Gasteiger charge is -2.26. The molecule has 19 heavy (non-hydrogen) atoms. The number of nitrogens with zero attached hydrogens (tertiary/aromatic N) is 1. The first-order valence-electron chi connectivity index (χ1n) is 6.44. The first kappa shape index (κ1) is 15.6. The average Bonchev–Trinajstić information content (AvgIpc) is 2.34. The number of hydrogen-bond donors (Lipinski definition) is 1. The van der Waals surface area contributed by atoms with Crippen molar-refractivity contribution < 1.29 is 4.79 Å². The first-order valence-corrected chi connectivity index (χ1v) is 6.85. The zero-order chi connectivity index (χ0) is 14.6. The van der Waals surface area contributed by atoms with Crippen molar-refractivity contribution >= 4 is 23.1 Å². The highest BCUT2D eigenvalue weighted by Crippen LogP contribution is 2.26. The van der Waals surface area contributed by atoms with E-state index in [9.17, 15) is 4.79 Å². The molecule has 1 rings (SSSR count). The zero-order valence-corrected chi connectivity index (χ0v) is 12.9. The predicted molar refractivity (Wildman–Crippen MR) is 83.5 cm³/mol. The Morgan fingerprint density at radius 2 is 1.89 bits per heavy atom. The molecule has 0 heterocycles. The van der Waals surface area contributed by atoms with Gasteiger partial charge in [-0.25, -0.2) is 0 Å². The Kier molecular flexibility index (Phi) is 5.06. The van der Waals surface area contributed by atoms with Crippen LogP contribution < -0.4 is 5.73 Å². The second-order valence-electron chi connectivity index (χ2n) is 5.58. The first-order chi connectivity index (χ1) is 8.77. The number of amides is 1. The van der Waals surface area contributed by atoms with E-state index in [0.717, 1.165) is 11.1 Å². The van der Waals surface area contributed by atoms with Crippen LogP contribution in [0, 0.1) is 0 Å². The normalized spacial score (nSPS) is 11.2. The van der Waals surface area contributed by atoms with Crippen LogP contribution in [0.15, 0.2) is 24.3 Å². The van der Waals surface area contributed by atoms with Gasteiger partial charge in [0.1, 0.15) is 0 Å². The Hall–Kier alpha value is -1.42. The van der Waals surface area contributed by atoms with E-state index in [1.807, 2.05) is 31.2 Å². The number of carbonyl (C=O) groups excluding carboxylic acids is 1. The highest BCUT2D eigenvalue weighted by Gasteiger charge is 2.23. The van der Waals surface area contributed by atoms with E-state index in [1.54, 1.807) is 4.90 Å². The van der Waals surface area contributed by atoms with Gasteiger partial charge in [-0.05, 0) is 24.0 Å². The Morgan fingerprint density at radius 3 is 2.37 bits per heavy atom. The molecule has 0 saturated carbocycles. The van der Waals surface area contributed by atoms with Crippen molar-refractivity contribution in [1.82, 2.24) is 4.90 Å². The Labute approximate surface area is 120 Å². The van der Waals surface area contributed by atoms with Gasteiger partial charge < -0.3 is 10.6 Å². The molecule has 0 aliphatic carbocycles. The molecule has 0 unspecified atom stereocenters. The van der Waals surface area contributed by atoms with Gasteiger partial charge in [-0.15, -0.1) is 0 Å². The van der Waals surface area contributed by atoms with Gasteiger partial charge in [-0.1, -0.05) is 51.2 Å². The van der Waals surface area contributed by atoms with E-state index in [4.69, 9.17) is 18.0 Å². The smallest absolute Gasteiger partial charge is 0.254 e. The molecule has 0 aliphatic heterocycles. The molecular formula is C15H22N2OS. The number of carbonyl (C=O) groups is 1. The third-order valence-corrected chi connectivity index (χ3v) is 3.11. The molecular weight excluding hydrogens is 256 g/mol. The maximum atomic E-state index is 12.6. The van der Waals surface area contributed by atoms with E-state index >= 15 is 0 Å². The van der Waals surface area contributed by atoms with Crippen molar-refractivity contribution in [3.63, 3.8) is 0 Å². The minimum atomic E-state index is -0.0745. The summed E-state index contributed by atoms with van der Waals surface area (Å²) in [5, 5.41) is 0. The molecule has 4 heteroatoms. The van der Waals surface area contributed by atoms with Crippen LogP contribution in [0.4, 0.5) is 0 Å². The Balaban J connectivity index is 3.15. The standard InChI is InChI=1S/C15H22N2OS/c1-5-17(10-13(16)19)14(18)11-8-6-7-9-12(11)15(2,3)4/h6-9H,5,10H2,1-4H3,(H2,16,19). The molecule has 0 aromatic heterocycles. The van der Waals surface area contributed by atoms with Gasteiger partial charge in [0.2, 0.25) is 0 Å². The van der Waals surface area contributed by atoms with Crippen LogP contribution in [0.5, 0.6) is 0 Å². The van der Waals surface area contributed by atoms with Gasteiger partial charge in [0, 0.05) is 12.1 Å². The number of rotatable bonds is 4. The lowest BCUT2D eigenvalue weighted by atomic mass is 9.83. The SMILES string of the molecule is CCN(CC(N)=S)C(=O)c1ccccc1C(C)(C)C. The summed E-state index contributed by atoms with van der Waals surface area (Å²) in [5.41, 5.74) is 7.24. The lowest BCUT2D eigenvalue weighted by Crippen LogP contribution is -2.38. The summed E-state index contributed by atoms with van der Waals surface area (Å²) in [7, 11) is 0. The molecule has 0 saturated heterocycles. The topological polar surface area (TPSA) is 46.3 Å². The maximum absolute atomic E-state index is 12.6. The van der Waals surface area contributed by atoms with E-state index in [1.165, 1.54) is 0 Å². The summed E-state index contributed by atoms with van der Waals surface area (Å²) >= 11 is 4.90. The van der Waals surface area contributed by atoms with Crippen molar-refractivity contribution in [3.05, 3.63) is 35.4 Å². The fourth-order valence-electron chi connectivity index (χ4n) is 2.01. The number of nitrogens with two attached hydrogens (primary N) is 1. The third kappa shape index (κ3) is 4.03. The maximum Gasteiger partial charge on any atom is 0.254 e. The Bertz CT molecular complexity index is 477. The fraction of sp³-hybridized carbons (Fsp3) is 0.467. The quantitative estimate of drug-likeness (QED) is 0.861. The number of thiocarbonyl (C=S) groups is 1. The van der Waals surface area contributed by atoms with Gasteiger partial charge in [0.05, 0.1) is 11.5 Å². The fourth-order valence-corrected chi connectivity index (χ4v) is 2.17. The molecule has 0 spiro atoms. The second kappa shape index (κ2) is 6.15. The number of hydrogen-bond acceptors (Lipinski definition) is 2. The van der Waals surface area contributed by atoms with E-state index in [0.29, 0.717) is 18.1 Å². The highest BCUT2D eigenvalue weighted by molar-refractivity contribution is 7.80. The average molecular weight is 278 g/mol. The van der Waals surface area contributed by atoms with Crippen molar-refractivity contribution in [3.8, 4) is 0 Å². The summed E-state index contributed by atoms with van der Waals surface area (Å²) in [6.07, 6.45) is 0. The zero-order valence-electron chi connectivity index (χ0n) is 12.1. The van der Waals surface area contributed by atoms with Crippen molar-refractivity contribution in [2.75, 3.05) is 13.1 Å². The summed E-state index contributed by atoms with van der Waals surface area (Å²) in [5.74, 6) is -0.0131. The van der Waals surface area contributed by atoms with Crippen LogP contribution in [0.3, 0.4) is 0 Å². The molecule has 0 fully saturated rings. The van der Waals surface area contributed by atoms with E-state index < -0.39 is 0 Å². The van der Waals surface area contributed by atoms with Crippen molar-refractivity contribution in [2.45, 2.75) is 33.1 Å². The van der Waals surface area contributed by atoms with Gasteiger partial charge in [-0.3, -0.25) is 4.79 Å². The van der Waals surface area contributed by atoms with Crippen LogP contribution >= 0.6 is 12.2 Å². The largest absolute Gasteiger partial charge is 0.392 e. The molecule has 104 valence electrons. The minimum absolute atomic E-state index is 0.0131. The second-order valence-corrected chi connectivity index (χ2v) is 6.11. The van der Waals surface area contributed by atoms with Gasteiger partial charge in [-0.2, -0.15) is 0 Å². The van der Waals surface area contributed by atoms with Crippen molar-refractivity contribution in [2.24, 2.45) is 5.73 Å². The van der Waals surface area contributed by atoms with Crippen LogP contribution in [0.1, 0.15) is 43.6 Å². The molecule has 1 aromatic carbocycles. The van der Waals surface area contributed by atoms with Crippen molar-refractivity contribution in [1.29, 1.82) is 0 Å². The van der Waals surface area contributed by atoms with Gasteiger partial charge in [0.15, 0.2) is 0 Å². The lowest BCUT2D eigenvalue weighted by molar-refractivity contribution is 0.0785. The molecule has 2 N–H and O–H groups in total. The number of likely N-dealkylation sites (N-methyl/N-ethyl adjacent to an activating group) is 1. The molecule has 0 bridgehead atoms. The Morgan fingerprint density at radius 1 is 1.32 bits per heavy atom. The van der Waals surface area contributed by atoms with E-state index in [-0.39, 0.29) is 11.3 Å². The predicted octanol–water partition coefficient (Wildman–Crippen LogP) is 2.73. The summed E-state index contributed by atoms with van der Waals surface area (Å²) in [6.45, 7) is 9.14. The monoisotopic (exact) mass is 278 g/mol. The minimum Gasteiger partial charge on any atom is -0.392 e. The van der Waals surface area contributed by atoms with Crippen LogP contribution in [-0.2, 0) is 5.41 Å². The molecule has 1 amide bonds.